The molecule has 2 aromatic heterocycles. The summed E-state index contributed by atoms with van der Waals surface area (Å²) in [5.41, 5.74) is 0.621. The lowest BCUT2D eigenvalue weighted by molar-refractivity contribution is 0.0925. The average molecular weight is 342 g/mol. The second-order valence-electron chi connectivity index (χ2n) is 6.46. The van der Waals surface area contributed by atoms with E-state index in [0.717, 1.165) is 43.4 Å². The van der Waals surface area contributed by atoms with E-state index in [0.29, 0.717) is 25.3 Å². The van der Waals surface area contributed by atoms with Gasteiger partial charge < -0.3 is 19.5 Å². The number of anilines is 1. The maximum absolute atomic E-state index is 12.9. The standard InChI is InChI=1S/C17H22N6O2/c1-12-20-21-15-5-4-13(11-23(12)15)19-17(24)14-3-2-6-18-16(14)22-7-9-25-10-8-22/h2-3,6,13H,4-5,7-11H2,1H3,(H,19,24). The van der Waals surface area contributed by atoms with E-state index in [1.807, 2.05) is 19.1 Å². The lowest BCUT2D eigenvalue weighted by atomic mass is 10.1. The number of ether oxygens (including phenoxy) is 1. The maximum atomic E-state index is 12.9. The fraction of sp³-hybridized carbons (Fsp3) is 0.529. The predicted octanol–water partition coefficient (Wildman–Crippen LogP) is 0.563. The summed E-state index contributed by atoms with van der Waals surface area (Å²) in [6, 6.07) is 3.72. The Morgan fingerprint density at radius 1 is 1.32 bits per heavy atom. The highest BCUT2D eigenvalue weighted by atomic mass is 16.5. The van der Waals surface area contributed by atoms with E-state index >= 15 is 0 Å². The number of aryl methyl sites for hydroxylation is 2. The van der Waals surface area contributed by atoms with Gasteiger partial charge in [-0.15, -0.1) is 10.2 Å². The molecule has 0 radical (unpaired) electrons. The zero-order valence-corrected chi connectivity index (χ0v) is 14.3. The number of aromatic nitrogens is 4. The summed E-state index contributed by atoms with van der Waals surface area (Å²) in [6.45, 7) is 5.49. The van der Waals surface area contributed by atoms with Gasteiger partial charge in [-0.25, -0.2) is 4.98 Å². The molecule has 1 saturated heterocycles. The van der Waals surface area contributed by atoms with Crippen molar-refractivity contribution in [3.63, 3.8) is 0 Å². The summed E-state index contributed by atoms with van der Waals surface area (Å²) in [6.07, 6.45) is 3.43. The van der Waals surface area contributed by atoms with Crippen molar-refractivity contribution in [1.82, 2.24) is 25.1 Å². The number of amides is 1. The number of nitrogens with zero attached hydrogens (tertiary/aromatic N) is 5. The van der Waals surface area contributed by atoms with E-state index in [4.69, 9.17) is 4.74 Å². The van der Waals surface area contributed by atoms with Gasteiger partial charge in [0.25, 0.3) is 5.91 Å². The van der Waals surface area contributed by atoms with E-state index in [9.17, 15) is 4.79 Å². The highest BCUT2D eigenvalue weighted by Crippen LogP contribution is 2.20. The van der Waals surface area contributed by atoms with Crippen LogP contribution in [0.5, 0.6) is 0 Å². The van der Waals surface area contributed by atoms with Gasteiger partial charge in [-0.2, -0.15) is 0 Å². The van der Waals surface area contributed by atoms with E-state index in [1.54, 1.807) is 6.20 Å². The van der Waals surface area contributed by atoms with Crippen LogP contribution in [-0.2, 0) is 17.7 Å². The molecule has 132 valence electrons. The molecule has 2 aromatic rings. The largest absolute Gasteiger partial charge is 0.378 e. The summed E-state index contributed by atoms with van der Waals surface area (Å²) in [5.74, 6) is 2.55. The number of hydrogen-bond donors (Lipinski definition) is 1. The van der Waals surface area contributed by atoms with Crippen molar-refractivity contribution in [2.75, 3.05) is 31.2 Å². The molecule has 0 saturated carbocycles. The van der Waals surface area contributed by atoms with Crippen molar-refractivity contribution in [3.05, 3.63) is 35.5 Å². The normalized spacial score (nSPS) is 20.2. The molecule has 4 rings (SSSR count). The minimum Gasteiger partial charge on any atom is -0.378 e. The van der Waals surface area contributed by atoms with Crippen LogP contribution in [0.15, 0.2) is 18.3 Å². The van der Waals surface area contributed by atoms with E-state index < -0.39 is 0 Å². The quantitative estimate of drug-likeness (QED) is 0.877. The summed E-state index contributed by atoms with van der Waals surface area (Å²) in [5, 5.41) is 11.5. The Balaban J connectivity index is 1.49. The Labute approximate surface area is 146 Å². The molecule has 0 bridgehead atoms. The Bertz CT molecular complexity index is 768. The minimum absolute atomic E-state index is 0.0752. The van der Waals surface area contributed by atoms with Crippen LogP contribution in [0.4, 0.5) is 5.82 Å². The first-order chi connectivity index (χ1) is 12.2. The number of hydrogen-bond acceptors (Lipinski definition) is 6. The molecule has 0 spiro atoms. The van der Waals surface area contributed by atoms with Crippen LogP contribution in [0, 0.1) is 6.92 Å². The molecule has 2 aliphatic heterocycles. The van der Waals surface area contributed by atoms with Crippen molar-refractivity contribution >= 4 is 11.7 Å². The van der Waals surface area contributed by atoms with Gasteiger partial charge in [0.15, 0.2) is 0 Å². The summed E-state index contributed by atoms with van der Waals surface area (Å²) in [4.78, 5) is 19.4. The third-order valence-corrected chi connectivity index (χ3v) is 4.81. The van der Waals surface area contributed by atoms with Gasteiger partial charge in [0.2, 0.25) is 0 Å². The monoisotopic (exact) mass is 342 g/mol. The molecule has 1 unspecified atom stereocenters. The Hall–Kier alpha value is -2.48. The second kappa shape index (κ2) is 6.79. The second-order valence-corrected chi connectivity index (χ2v) is 6.46. The zero-order chi connectivity index (χ0) is 17.2. The van der Waals surface area contributed by atoms with Crippen LogP contribution in [0.2, 0.25) is 0 Å². The third kappa shape index (κ3) is 3.21. The molecule has 1 fully saturated rings. The minimum atomic E-state index is -0.0752. The molecular weight excluding hydrogens is 320 g/mol. The maximum Gasteiger partial charge on any atom is 0.255 e. The van der Waals surface area contributed by atoms with E-state index in [1.165, 1.54) is 0 Å². The topological polar surface area (TPSA) is 85.2 Å². The van der Waals surface area contributed by atoms with Crippen LogP contribution in [0.3, 0.4) is 0 Å². The van der Waals surface area contributed by atoms with Gasteiger partial charge in [0, 0.05) is 38.3 Å². The van der Waals surface area contributed by atoms with E-state index in [2.05, 4.69) is 30.0 Å². The number of pyridine rings is 1. The predicted molar refractivity (Wildman–Crippen MR) is 91.6 cm³/mol. The molecule has 8 nitrogen and oxygen atoms in total. The fourth-order valence-corrected chi connectivity index (χ4v) is 3.44. The highest BCUT2D eigenvalue weighted by Gasteiger charge is 2.25. The number of rotatable bonds is 3. The van der Waals surface area contributed by atoms with Gasteiger partial charge in [0.05, 0.1) is 18.8 Å². The Morgan fingerprint density at radius 3 is 3.00 bits per heavy atom. The lowest BCUT2D eigenvalue weighted by Crippen LogP contribution is -2.43. The van der Waals surface area contributed by atoms with Gasteiger partial charge in [-0.1, -0.05) is 0 Å². The number of fused-ring (bicyclic) bond motifs is 1. The van der Waals surface area contributed by atoms with Gasteiger partial charge >= 0.3 is 0 Å². The number of morpholine rings is 1. The van der Waals surface area contributed by atoms with E-state index in [-0.39, 0.29) is 11.9 Å². The summed E-state index contributed by atoms with van der Waals surface area (Å²) in [7, 11) is 0. The first kappa shape index (κ1) is 16.0. The van der Waals surface area contributed by atoms with Crippen molar-refractivity contribution in [3.8, 4) is 0 Å². The average Bonchev–Trinajstić information content (AvgIpc) is 3.03. The summed E-state index contributed by atoms with van der Waals surface area (Å²) < 4.78 is 7.48. The molecule has 1 atom stereocenters. The van der Waals surface area contributed by atoms with Crippen LogP contribution >= 0.6 is 0 Å². The summed E-state index contributed by atoms with van der Waals surface area (Å²) >= 11 is 0. The molecule has 0 aromatic carbocycles. The number of carbonyl (C=O) groups excluding carboxylic acids is 1. The Kier molecular flexibility index (Phi) is 4.35. The van der Waals surface area contributed by atoms with Crippen molar-refractivity contribution in [2.45, 2.75) is 32.4 Å². The van der Waals surface area contributed by atoms with Crippen LogP contribution in [0.25, 0.3) is 0 Å². The molecule has 0 aliphatic carbocycles. The zero-order valence-electron chi connectivity index (χ0n) is 14.3. The molecule has 2 aliphatic rings. The highest BCUT2D eigenvalue weighted by molar-refractivity contribution is 5.99. The molecule has 1 N–H and O–H groups in total. The molecule has 8 heteroatoms. The third-order valence-electron chi connectivity index (χ3n) is 4.81. The Morgan fingerprint density at radius 2 is 2.16 bits per heavy atom. The van der Waals surface area contributed by atoms with Crippen molar-refractivity contribution in [1.29, 1.82) is 0 Å². The lowest BCUT2D eigenvalue weighted by Gasteiger charge is -2.30. The molecule has 25 heavy (non-hydrogen) atoms. The van der Waals surface area contributed by atoms with Crippen molar-refractivity contribution < 1.29 is 9.53 Å². The number of carbonyl (C=O) groups is 1. The van der Waals surface area contributed by atoms with Crippen molar-refractivity contribution in [2.24, 2.45) is 0 Å². The first-order valence-corrected chi connectivity index (χ1v) is 8.69. The molecule has 1 amide bonds. The SMILES string of the molecule is Cc1nnc2n1CC(NC(=O)c1cccnc1N1CCOCC1)CC2. The fourth-order valence-electron chi connectivity index (χ4n) is 3.44. The molecule has 4 heterocycles. The van der Waals surface area contributed by atoms with Crippen LogP contribution in [-0.4, -0.2) is 58.0 Å². The smallest absolute Gasteiger partial charge is 0.255 e. The van der Waals surface area contributed by atoms with Gasteiger partial charge in [-0.05, 0) is 25.5 Å². The van der Waals surface area contributed by atoms with Crippen LogP contribution < -0.4 is 10.2 Å². The van der Waals surface area contributed by atoms with Gasteiger partial charge in [0.1, 0.15) is 17.5 Å². The van der Waals surface area contributed by atoms with Crippen LogP contribution in [0.1, 0.15) is 28.4 Å². The van der Waals surface area contributed by atoms with Gasteiger partial charge in [-0.3, -0.25) is 4.79 Å². The molecular formula is C17H22N6O2. The number of nitrogens with one attached hydrogen (secondary N) is 1. The first-order valence-electron chi connectivity index (χ1n) is 8.69.